The molecule has 2 amide bonds. The summed E-state index contributed by atoms with van der Waals surface area (Å²) in [6.45, 7) is 8.29. The van der Waals surface area contributed by atoms with Gasteiger partial charge in [0.25, 0.3) is 5.91 Å². The second-order valence-corrected chi connectivity index (χ2v) is 7.64. The lowest BCUT2D eigenvalue weighted by Gasteiger charge is -2.28. The summed E-state index contributed by atoms with van der Waals surface area (Å²) in [6, 6.07) is 12.9. The van der Waals surface area contributed by atoms with Crippen LogP contribution in [0.1, 0.15) is 30.5 Å². The van der Waals surface area contributed by atoms with Crippen molar-refractivity contribution in [1.82, 2.24) is 10.2 Å². The molecule has 6 heteroatoms. The molecule has 0 aliphatic carbocycles. The molecule has 0 aliphatic heterocycles. The molecule has 2 rings (SSSR count). The Morgan fingerprint density at radius 3 is 2.57 bits per heavy atom. The van der Waals surface area contributed by atoms with Crippen molar-refractivity contribution in [2.45, 2.75) is 40.3 Å². The van der Waals surface area contributed by atoms with Crippen LogP contribution in [-0.4, -0.2) is 35.9 Å². The van der Waals surface area contributed by atoms with Gasteiger partial charge in [-0.05, 0) is 57.0 Å². The molecule has 0 aliphatic rings. The number of halogens is 1. The van der Waals surface area contributed by atoms with Gasteiger partial charge in [0.05, 0.1) is 0 Å². The van der Waals surface area contributed by atoms with Crippen LogP contribution in [0.3, 0.4) is 0 Å². The molecule has 2 aromatic rings. The van der Waals surface area contributed by atoms with E-state index in [4.69, 9.17) is 4.74 Å². The van der Waals surface area contributed by atoms with Gasteiger partial charge in [-0.25, -0.2) is 0 Å². The first kappa shape index (κ1) is 22.0. The molecule has 0 radical (unpaired) electrons. The maximum absolute atomic E-state index is 12.9. The highest BCUT2D eigenvalue weighted by Gasteiger charge is 2.26. The molecule has 1 N–H and O–H groups in total. The van der Waals surface area contributed by atoms with E-state index in [1.54, 1.807) is 11.8 Å². The number of likely N-dealkylation sites (N-methyl/N-ethyl adjacent to an activating group) is 1. The van der Waals surface area contributed by atoms with Gasteiger partial charge in [0.2, 0.25) is 5.91 Å². The highest BCUT2D eigenvalue weighted by Crippen LogP contribution is 2.22. The Morgan fingerprint density at radius 1 is 1.18 bits per heavy atom. The molecular weight excluding hydrogens is 420 g/mol. The minimum atomic E-state index is -0.594. The number of nitrogens with zero attached hydrogens (tertiary/aromatic N) is 1. The Kier molecular flexibility index (Phi) is 8.05. The molecule has 2 aromatic carbocycles. The molecule has 1 atom stereocenters. The molecule has 0 spiro atoms. The zero-order chi connectivity index (χ0) is 20.7. The molecule has 0 aromatic heterocycles. The van der Waals surface area contributed by atoms with Crippen LogP contribution in [0, 0.1) is 13.8 Å². The number of nitrogens with one attached hydrogen (secondary N) is 1. The van der Waals surface area contributed by atoms with Crippen molar-refractivity contribution >= 4 is 27.7 Å². The van der Waals surface area contributed by atoms with E-state index in [0.29, 0.717) is 18.8 Å². The summed E-state index contributed by atoms with van der Waals surface area (Å²) < 4.78 is 6.68. The molecule has 150 valence electrons. The molecular formula is C22H27BrN2O3. The Labute approximate surface area is 175 Å². The van der Waals surface area contributed by atoms with E-state index in [-0.39, 0.29) is 18.4 Å². The van der Waals surface area contributed by atoms with Crippen molar-refractivity contribution in [1.29, 1.82) is 0 Å². The third-order valence-electron chi connectivity index (χ3n) is 4.45. The summed E-state index contributed by atoms with van der Waals surface area (Å²) in [5.41, 5.74) is 3.11. The largest absolute Gasteiger partial charge is 0.484 e. The fraction of sp³-hybridized carbons (Fsp3) is 0.364. The number of ether oxygens (including phenoxy) is 1. The molecule has 28 heavy (non-hydrogen) atoms. The van der Waals surface area contributed by atoms with Crippen LogP contribution < -0.4 is 10.1 Å². The summed E-state index contributed by atoms with van der Waals surface area (Å²) in [4.78, 5) is 26.8. The molecule has 0 unspecified atom stereocenters. The van der Waals surface area contributed by atoms with Crippen LogP contribution in [0.5, 0.6) is 5.75 Å². The summed E-state index contributed by atoms with van der Waals surface area (Å²) in [5, 5.41) is 2.79. The number of carbonyl (C=O) groups is 2. The van der Waals surface area contributed by atoms with Gasteiger partial charge in [-0.1, -0.05) is 45.8 Å². The van der Waals surface area contributed by atoms with Crippen molar-refractivity contribution in [3.63, 3.8) is 0 Å². The average molecular weight is 447 g/mol. The predicted octanol–water partition coefficient (Wildman–Crippen LogP) is 4.00. The quantitative estimate of drug-likeness (QED) is 0.666. The second-order valence-electron chi connectivity index (χ2n) is 6.78. The van der Waals surface area contributed by atoms with Crippen LogP contribution in [0.15, 0.2) is 46.9 Å². The Morgan fingerprint density at radius 2 is 1.93 bits per heavy atom. The van der Waals surface area contributed by atoms with Gasteiger partial charge < -0.3 is 15.0 Å². The molecule has 0 bridgehead atoms. The molecule has 0 saturated carbocycles. The summed E-state index contributed by atoms with van der Waals surface area (Å²) in [5.74, 6) is 0.207. The maximum Gasteiger partial charge on any atom is 0.261 e. The highest BCUT2D eigenvalue weighted by molar-refractivity contribution is 9.10. The highest BCUT2D eigenvalue weighted by atomic mass is 79.9. The van der Waals surface area contributed by atoms with Crippen molar-refractivity contribution in [3.8, 4) is 5.75 Å². The number of amides is 2. The standard InChI is InChI=1S/C22H27BrN2O3/c1-5-24-22(27)17(4)25(13-18-8-6-7-15(2)11-18)21(26)14-28-19-9-10-20(23)16(3)12-19/h6-12,17H,5,13-14H2,1-4H3,(H,24,27)/t17-/m1/s1. The summed E-state index contributed by atoms with van der Waals surface area (Å²) in [7, 11) is 0. The summed E-state index contributed by atoms with van der Waals surface area (Å²) in [6.07, 6.45) is 0. The average Bonchev–Trinajstić information content (AvgIpc) is 2.66. The minimum Gasteiger partial charge on any atom is -0.484 e. The first-order valence-electron chi connectivity index (χ1n) is 9.33. The Hall–Kier alpha value is -2.34. The van der Waals surface area contributed by atoms with Crippen LogP contribution in [0.2, 0.25) is 0 Å². The number of benzene rings is 2. The molecule has 0 saturated heterocycles. The van der Waals surface area contributed by atoms with E-state index in [2.05, 4.69) is 21.2 Å². The predicted molar refractivity (Wildman–Crippen MR) is 114 cm³/mol. The molecule has 5 nitrogen and oxygen atoms in total. The smallest absolute Gasteiger partial charge is 0.261 e. The number of aryl methyl sites for hydroxylation is 2. The maximum atomic E-state index is 12.9. The first-order valence-corrected chi connectivity index (χ1v) is 10.1. The lowest BCUT2D eigenvalue weighted by atomic mass is 10.1. The Bertz CT molecular complexity index is 838. The van der Waals surface area contributed by atoms with Crippen LogP contribution in [0.4, 0.5) is 0 Å². The first-order chi connectivity index (χ1) is 13.3. The monoisotopic (exact) mass is 446 g/mol. The Balaban J connectivity index is 2.15. The minimum absolute atomic E-state index is 0.128. The lowest BCUT2D eigenvalue weighted by Crippen LogP contribution is -2.49. The molecule has 0 fully saturated rings. The van der Waals surface area contributed by atoms with Gasteiger partial charge >= 0.3 is 0 Å². The summed E-state index contributed by atoms with van der Waals surface area (Å²) >= 11 is 3.45. The van der Waals surface area contributed by atoms with Crippen LogP contribution >= 0.6 is 15.9 Å². The fourth-order valence-corrected chi connectivity index (χ4v) is 3.09. The number of hydrogen-bond donors (Lipinski definition) is 1. The van der Waals surface area contributed by atoms with Crippen molar-refractivity contribution in [2.75, 3.05) is 13.2 Å². The topological polar surface area (TPSA) is 58.6 Å². The molecule has 0 heterocycles. The van der Waals surface area contributed by atoms with Gasteiger partial charge in [0, 0.05) is 17.6 Å². The third kappa shape index (κ3) is 6.09. The van der Waals surface area contributed by atoms with Crippen molar-refractivity contribution in [2.24, 2.45) is 0 Å². The van der Waals surface area contributed by atoms with Crippen LogP contribution in [0.25, 0.3) is 0 Å². The zero-order valence-electron chi connectivity index (χ0n) is 16.8. The third-order valence-corrected chi connectivity index (χ3v) is 5.34. The van der Waals surface area contributed by atoms with Gasteiger partial charge in [0.15, 0.2) is 6.61 Å². The lowest BCUT2D eigenvalue weighted by molar-refractivity contribution is -0.142. The van der Waals surface area contributed by atoms with Crippen molar-refractivity contribution < 1.29 is 14.3 Å². The van der Waals surface area contributed by atoms with E-state index >= 15 is 0 Å². The van der Waals surface area contributed by atoms with E-state index in [1.807, 2.05) is 63.2 Å². The number of hydrogen-bond acceptors (Lipinski definition) is 3. The SMILES string of the molecule is CCNC(=O)[C@@H](C)N(Cc1cccc(C)c1)C(=O)COc1ccc(Br)c(C)c1. The van der Waals surface area contributed by atoms with E-state index in [0.717, 1.165) is 21.2 Å². The van der Waals surface area contributed by atoms with Gasteiger partial charge in [-0.3, -0.25) is 9.59 Å². The zero-order valence-corrected chi connectivity index (χ0v) is 18.4. The van der Waals surface area contributed by atoms with Crippen LogP contribution in [-0.2, 0) is 16.1 Å². The van der Waals surface area contributed by atoms with Crippen molar-refractivity contribution in [3.05, 3.63) is 63.6 Å². The second kappa shape index (κ2) is 10.3. The van der Waals surface area contributed by atoms with E-state index < -0.39 is 6.04 Å². The van der Waals surface area contributed by atoms with Gasteiger partial charge in [-0.2, -0.15) is 0 Å². The number of carbonyl (C=O) groups excluding carboxylic acids is 2. The fourth-order valence-electron chi connectivity index (χ4n) is 2.85. The van der Waals surface area contributed by atoms with Gasteiger partial charge in [0.1, 0.15) is 11.8 Å². The van der Waals surface area contributed by atoms with E-state index in [1.165, 1.54) is 0 Å². The van der Waals surface area contributed by atoms with Gasteiger partial charge in [-0.15, -0.1) is 0 Å². The number of rotatable bonds is 8. The van der Waals surface area contributed by atoms with E-state index in [9.17, 15) is 9.59 Å². The normalized spacial score (nSPS) is 11.6.